The van der Waals surface area contributed by atoms with Gasteiger partial charge >= 0.3 is 6.09 Å². The number of alkyl carbamates (subject to hydrolysis) is 1. The van der Waals surface area contributed by atoms with Gasteiger partial charge in [-0.3, -0.25) is 0 Å². The highest BCUT2D eigenvalue weighted by Gasteiger charge is 2.20. The van der Waals surface area contributed by atoms with Gasteiger partial charge in [-0.1, -0.05) is 44.2 Å². The van der Waals surface area contributed by atoms with Gasteiger partial charge in [-0.15, -0.1) is 0 Å². The number of benzene rings is 1. The second-order valence-electron chi connectivity index (χ2n) is 4.43. The van der Waals surface area contributed by atoms with Gasteiger partial charge in [-0.25, -0.2) is 4.79 Å². The molecule has 1 N–H and O–H groups in total. The lowest BCUT2D eigenvalue weighted by Gasteiger charge is -2.40. The van der Waals surface area contributed by atoms with Crippen molar-refractivity contribution in [2.24, 2.45) is 5.92 Å². The average molecular weight is 285 g/mol. The normalized spacial score (nSPS) is 13.1. The zero-order valence-electron chi connectivity index (χ0n) is 10.7. The van der Waals surface area contributed by atoms with Crippen LogP contribution in [0.2, 0.25) is 0 Å². The van der Waals surface area contributed by atoms with Gasteiger partial charge in [0.05, 0.1) is 5.78 Å². The molecule has 7 heteroatoms. The number of carbonyl (C=O) groups excluding carboxylic acids is 1. The third kappa shape index (κ3) is 5.42. The first-order chi connectivity index (χ1) is 8.80. The van der Waals surface area contributed by atoms with Crippen molar-refractivity contribution in [3.05, 3.63) is 35.9 Å². The number of nitrogens with one attached hydrogen (secondary N) is 1. The van der Waals surface area contributed by atoms with E-state index in [0.29, 0.717) is 0 Å². The Morgan fingerprint density at radius 2 is 1.89 bits per heavy atom. The van der Waals surface area contributed by atoms with Crippen LogP contribution >= 0.6 is 7.60 Å². The van der Waals surface area contributed by atoms with Gasteiger partial charge in [0.1, 0.15) is 6.61 Å². The van der Waals surface area contributed by atoms with E-state index < -0.39 is 25.4 Å². The van der Waals surface area contributed by atoms with Crippen LogP contribution in [0.3, 0.4) is 0 Å². The molecule has 0 aliphatic rings. The van der Waals surface area contributed by atoms with Crippen LogP contribution in [0.5, 0.6) is 0 Å². The second kappa shape index (κ2) is 6.70. The third-order valence-electron chi connectivity index (χ3n) is 2.45. The maximum atomic E-state index is 11.4. The molecule has 0 heterocycles. The summed E-state index contributed by atoms with van der Waals surface area (Å²) in [6, 6.07) is 8.93. The monoisotopic (exact) mass is 285 g/mol. The molecular formula is C12H16NO5P-2. The zero-order chi connectivity index (χ0) is 14.5. The molecule has 1 aromatic carbocycles. The first-order valence-corrected chi connectivity index (χ1v) is 7.41. The van der Waals surface area contributed by atoms with Gasteiger partial charge in [0, 0.05) is 0 Å². The molecule has 0 saturated carbocycles. The van der Waals surface area contributed by atoms with E-state index in [0.717, 1.165) is 5.56 Å². The van der Waals surface area contributed by atoms with Gasteiger partial charge in [-0.2, -0.15) is 0 Å². The molecule has 0 fully saturated rings. The van der Waals surface area contributed by atoms with E-state index in [-0.39, 0.29) is 6.61 Å². The van der Waals surface area contributed by atoms with Crippen molar-refractivity contribution in [2.45, 2.75) is 26.2 Å². The topological polar surface area (TPSA) is 102 Å². The highest BCUT2D eigenvalue weighted by Crippen LogP contribution is 2.34. The Morgan fingerprint density at radius 3 is 2.37 bits per heavy atom. The van der Waals surface area contributed by atoms with Crippen molar-refractivity contribution in [3.63, 3.8) is 0 Å². The summed E-state index contributed by atoms with van der Waals surface area (Å²) in [7, 11) is -4.89. The van der Waals surface area contributed by atoms with Crippen LogP contribution < -0.4 is 15.1 Å². The first kappa shape index (κ1) is 15.7. The molecule has 0 saturated heterocycles. The molecule has 1 amide bonds. The van der Waals surface area contributed by atoms with Crippen LogP contribution in [0.4, 0.5) is 4.79 Å². The highest BCUT2D eigenvalue weighted by atomic mass is 31.2. The van der Waals surface area contributed by atoms with Crippen molar-refractivity contribution in [2.75, 3.05) is 0 Å². The largest absolute Gasteiger partial charge is 0.809 e. The fourth-order valence-corrected chi connectivity index (χ4v) is 2.49. The van der Waals surface area contributed by atoms with E-state index in [1.54, 1.807) is 24.3 Å². The van der Waals surface area contributed by atoms with Crippen molar-refractivity contribution in [1.82, 2.24) is 5.32 Å². The average Bonchev–Trinajstić information content (AvgIpc) is 2.33. The molecule has 6 nitrogen and oxygen atoms in total. The van der Waals surface area contributed by atoms with Crippen LogP contribution in [0.25, 0.3) is 0 Å². The van der Waals surface area contributed by atoms with Crippen molar-refractivity contribution < 1.29 is 23.9 Å². The SMILES string of the molecule is CC(C)C(NC(=O)OCc1ccccc1)P(=O)([O-])[O-]. The van der Waals surface area contributed by atoms with E-state index in [4.69, 9.17) is 4.74 Å². The summed E-state index contributed by atoms with van der Waals surface area (Å²) < 4.78 is 15.8. The Morgan fingerprint density at radius 1 is 1.32 bits per heavy atom. The molecule has 0 aliphatic carbocycles. The van der Waals surface area contributed by atoms with Crippen LogP contribution in [0.1, 0.15) is 19.4 Å². The van der Waals surface area contributed by atoms with E-state index in [9.17, 15) is 19.1 Å². The molecule has 1 unspecified atom stereocenters. The minimum Gasteiger partial charge on any atom is -0.809 e. The van der Waals surface area contributed by atoms with E-state index in [1.165, 1.54) is 13.8 Å². The summed E-state index contributed by atoms with van der Waals surface area (Å²) >= 11 is 0. The Hall–Kier alpha value is -1.36. The first-order valence-electron chi connectivity index (χ1n) is 5.79. The maximum Gasteiger partial charge on any atom is 0.407 e. The summed E-state index contributed by atoms with van der Waals surface area (Å²) in [5.41, 5.74) is 0.770. The Labute approximate surface area is 111 Å². The van der Waals surface area contributed by atoms with E-state index in [1.807, 2.05) is 6.07 Å². The minimum atomic E-state index is -4.89. The molecule has 1 atom stereocenters. The number of carbonyl (C=O) groups is 1. The smallest absolute Gasteiger partial charge is 0.407 e. The predicted octanol–water partition coefficient (Wildman–Crippen LogP) is 0.809. The Balaban J connectivity index is 2.52. The fraction of sp³-hybridized carbons (Fsp3) is 0.417. The molecular weight excluding hydrogens is 269 g/mol. The molecule has 0 bridgehead atoms. The third-order valence-corrected chi connectivity index (χ3v) is 3.86. The van der Waals surface area contributed by atoms with Crippen molar-refractivity contribution in [3.8, 4) is 0 Å². The zero-order valence-corrected chi connectivity index (χ0v) is 11.6. The van der Waals surface area contributed by atoms with Crippen LogP contribution in [-0.4, -0.2) is 11.9 Å². The summed E-state index contributed by atoms with van der Waals surface area (Å²) in [6.07, 6.45) is -0.922. The molecule has 1 rings (SSSR count). The lowest BCUT2D eigenvalue weighted by molar-refractivity contribution is -0.318. The molecule has 106 valence electrons. The fourth-order valence-electron chi connectivity index (χ4n) is 1.50. The Kier molecular flexibility index (Phi) is 5.54. The number of ether oxygens (including phenoxy) is 1. The van der Waals surface area contributed by atoms with Crippen LogP contribution in [0.15, 0.2) is 30.3 Å². The van der Waals surface area contributed by atoms with Crippen LogP contribution in [-0.2, 0) is 15.9 Å². The summed E-state index contributed by atoms with van der Waals surface area (Å²) in [5.74, 6) is -1.99. The maximum absolute atomic E-state index is 11.4. The van der Waals surface area contributed by atoms with Gasteiger partial charge in [0.25, 0.3) is 0 Å². The van der Waals surface area contributed by atoms with Crippen molar-refractivity contribution in [1.29, 1.82) is 0 Å². The number of hydrogen-bond acceptors (Lipinski definition) is 5. The van der Waals surface area contributed by atoms with Gasteiger partial charge in [-0.05, 0) is 19.1 Å². The van der Waals surface area contributed by atoms with E-state index >= 15 is 0 Å². The van der Waals surface area contributed by atoms with Crippen LogP contribution in [0, 0.1) is 5.92 Å². The predicted molar refractivity (Wildman–Crippen MR) is 66.0 cm³/mol. The number of hydrogen-bond donors (Lipinski definition) is 1. The minimum absolute atomic E-state index is 0.0134. The Bertz CT molecular complexity index is 456. The van der Waals surface area contributed by atoms with Crippen molar-refractivity contribution >= 4 is 13.7 Å². The quantitative estimate of drug-likeness (QED) is 0.806. The lowest BCUT2D eigenvalue weighted by Crippen LogP contribution is -2.44. The highest BCUT2D eigenvalue weighted by molar-refractivity contribution is 7.49. The number of rotatable bonds is 5. The summed E-state index contributed by atoms with van der Waals surface area (Å²) in [6.45, 7) is 3.08. The molecule has 19 heavy (non-hydrogen) atoms. The van der Waals surface area contributed by atoms with Gasteiger partial charge < -0.3 is 24.4 Å². The molecule has 0 spiro atoms. The van der Waals surface area contributed by atoms with Gasteiger partial charge in [0.2, 0.25) is 0 Å². The summed E-state index contributed by atoms with van der Waals surface area (Å²) in [4.78, 5) is 33.4. The molecule has 0 aliphatic heterocycles. The molecule has 1 aromatic rings. The standard InChI is InChI=1S/C12H18NO5P/c1-9(2)11(19(15,16)17)13-12(14)18-8-10-6-4-3-5-7-10/h3-7,9,11H,8H2,1-2H3,(H,13,14)(H2,15,16,17)/p-2. The number of amides is 1. The van der Waals surface area contributed by atoms with Gasteiger partial charge in [0.15, 0.2) is 0 Å². The molecule has 0 radical (unpaired) electrons. The lowest BCUT2D eigenvalue weighted by atomic mass is 10.2. The second-order valence-corrected chi connectivity index (χ2v) is 6.07. The van der Waals surface area contributed by atoms with E-state index in [2.05, 4.69) is 5.32 Å². The molecule has 0 aromatic heterocycles. The summed E-state index contributed by atoms with van der Waals surface area (Å²) in [5, 5.41) is 2.08.